The van der Waals surface area contributed by atoms with E-state index < -0.39 is 28.8 Å². The molecule has 0 fully saturated rings. The second-order valence-corrected chi connectivity index (χ2v) is 11.7. The standard InChI is InChI=1S/C31H32ClF3N6O2S/c1-31(2,19-5-10-23(32)26(15-19)43-3)27-16-40-30(41(27)21-8-6-20(33)7-9-21)44-17-22-24(34)13-18(14-25(22)35)28(42)38-11-4-12-39-29(36)37/h5-10,13-16H,4,11-12,17H2,1-3H3,(H,38,42)(H4,36,37,39). The number of methoxy groups -OCH3 is 1. The molecule has 5 N–H and O–H groups in total. The van der Waals surface area contributed by atoms with E-state index in [9.17, 15) is 9.18 Å². The Labute approximate surface area is 262 Å². The van der Waals surface area contributed by atoms with Crippen LogP contribution in [0.4, 0.5) is 13.2 Å². The number of imidazole rings is 1. The Kier molecular flexibility index (Phi) is 10.5. The van der Waals surface area contributed by atoms with Gasteiger partial charge in [-0.15, -0.1) is 0 Å². The van der Waals surface area contributed by atoms with Crippen LogP contribution in [0.2, 0.25) is 5.02 Å². The minimum atomic E-state index is -0.864. The van der Waals surface area contributed by atoms with Crippen molar-refractivity contribution in [1.82, 2.24) is 14.9 Å². The molecule has 0 aliphatic heterocycles. The lowest BCUT2D eigenvalue weighted by Crippen LogP contribution is -2.26. The molecule has 0 bridgehead atoms. The van der Waals surface area contributed by atoms with Gasteiger partial charge in [0.1, 0.15) is 23.2 Å². The summed E-state index contributed by atoms with van der Waals surface area (Å²) in [6.45, 7) is 4.52. The maximum atomic E-state index is 15.1. The number of aliphatic imine (C=N–C) groups is 1. The fourth-order valence-electron chi connectivity index (χ4n) is 4.51. The van der Waals surface area contributed by atoms with Gasteiger partial charge in [0.25, 0.3) is 5.91 Å². The minimum absolute atomic E-state index is 0.0591. The largest absolute Gasteiger partial charge is 0.495 e. The van der Waals surface area contributed by atoms with Gasteiger partial charge in [-0.2, -0.15) is 0 Å². The average Bonchev–Trinajstić information content (AvgIpc) is 3.41. The van der Waals surface area contributed by atoms with E-state index in [0.717, 1.165) is 35.2 Å². The van der Waals surface area contributed by atoms with Crippen LogP contribution in [0, 0.1) is 17.5 Å². The third kappa shape index (κ3) is 7.48. The molecule has 232 valence electrons. The van der Waals surface area contributed by atoms with E-state index >= 15 is 8.78 Å². The van der Waals surface area contributed by atoms with Crippen LogP contribution < -0.4 is 21.5 Å². The summed E-state index contributed by atoms with van der Waals surface area (Å²) >= 11 is 7.36. The molecule has 0 aliphatic carbocycles. The third-order valence-electron chi connectivity index (χ3n) is 6.99. The Hall–Kier alpha value is -4.16. The first-order valence-electron chi connectivity index (χ1n) is 13.5. The first-order valence-corrected chi connectivity index (χ1v) is 14.9. The molecular weight excluding hydrogens is 613 g/mol. The summed E-state index contributed by atoms with van der Waals surface area (Å²) in [4.78, 5) is 20.8. The van der Waals surface area contributed by atoms with Gasteiger partial charge < -0.3 is 21.5 Å². The maximum absolute atomic E-state index is 15.1. The fourth-order valence-corrected chi connectivity index (χ4v) is 5.72. The van der Waals surface area contributed by atoms with Gasteiger partial charge in [0.05, 0.1) is 24.0 Å². The number of hydrogen-bond acceptors (Lipinski definition) is 5. The highest BCUT2D eigenvalue weighted by atomic mass is 35.5. The van der Waals surface area contributed by atoms with E-state index in [1.165, 1.54) is 19.2 Å². The van der Waals surface area contributed by atoms with Crippen molar-refractivity contribution in [2.45, 2.75) is 36.6 Å². The molecule has 0 aliphatic rings. The van der Waals surface area contributed by atoms with Crippen molar-refractivity contribution in [2.75, 3.05) is 20.2 Å². The molecule has 44 heavy (non-hydrogen) atoms. The van der Waals surface area contributed by atoms with Gasteiger partial charge in [-0.25, -0.2) is 18.2 Å². The summed E-state index contributed by atoms with van der Waals surface area (Å²) in [6.07, 6.45) is 2.13. The molecule has 1 amide bonds. The maximum Gasteiger partial charge on any atom is 0.251 e. The Bertz CT molecular complexity index is 1650. The number of benzene rings is 3. The Morgan fingerprint density at radius 3 is 2.41 bits per heavy atom. The number of rotatable bonds is 12. The van der Waals surface area contributed by atoms with Crippen molar-refractivity contribution in [3.63, 3.8) is 0 Å². The molecule has 8 nitrogen and oxygen atoms in total. The number of nitrogens with two attached hydrogens (primary N) is 2. The van der Waals surface area contributed by atoms with Crippen molar-refractivity contribution in [2.24, 2.45) is 16.5 Å². The number of carbonyl (C=O) groups excluding carboxylic acids is 1. The summed E-state index contributed by atoms with van der Waals surface area (Å²) in [5.74, 6) is -2.43. The lowest BCUT2D eigenvalue weighted by atomic mass is 9.81. The van der Waals surface area contributed by atoms with Gasteiger partial charge in [0, 0.05) is 41.1 Å². The second kappa shape index (κ2) is 14.1. The number of guanidine groups is 1. The Balaban J connectivity index is 1.61. The zero-order chi connectivity index (χ0) is 32.0. The van der Waals surface area contributed by atoms with E-state index in [4.69, 9.17) is 27.8 Å². The van der Waals surface area contributed by atoms with Crippen LogP contribution in [0.25, 0.3) is 5.69 Å². The summed E-state index contributed by atoms with van der Waals surface area (Å²) in [7, 11) is 1.53. The van der Waals surface area contributed by atoms with Crippen molar-refractivity contribution < 1.29 is 22.7 Å². The molecule has 3 aromatic carbocycles. The molecule has 0 atom stereocenters. The molecule has 1 aromatic heterocycles. The molecule has 1 heterocycles. The van der Waals surface area contributed by atoms with Gasteiger partial charge in [-0.3, -0.25) is 14.4 Å². The van der Waals surface area contributed by atoms with Crippen LogP contribution in [0.1, 0.15) is 47.4 Å². The second-order valence-electron chi connectivity index (χ2n) is 10.3. The average molecular weight is 645 g/mol. The number of ether oxygens (including phenoxy) is 1. The molecule has 4 aromatic rings. The van der Waals surface area contributed by atoms with E-state index in [1.807, 2.05) is 30.5 Å². The molecule has 0 saturated heterocycles. The quantitative estimate of drug-likeness (QED) is 0.0757. The van der Waals surface area contributed by atoms with Crippen LogP contribution in [-0.2, 0) is 11.2 Å². The fraction of sp³-hybridized carbons (Fsp3) is 0.258. The van der Waals surface area contributed by atoms with Gasteiger partial charge in [0.15, 0.2) is 11.1 Å². The monoisotopic (exact) mass is 644 g/mol. The molecule has 0 unspecified atom stereocenters. The first-order chi connectivity index (χ1) is 20.9. The van der Waals surface area contributed by atoms with Crippen LogP contribution in [0.3, 0.4) is 0 Å². The van der Waals surface area contributed by atoms with E-state index in [1.54, 1.807) is 24.4 Å². The van der Waals surface area contributed by atoms with Gasteiger partial charge in [-0.1, -0.05) is 43.3 Å². The SMILES string of the molecule is COc1cc(C(C)(C)c2cnc(SCc3c(F)cc(C(=O)NCCCN=C(N)N)cc3F)n2-c2ccc(F)cc2)ccc1Cl. The summed E-state index contributed by atoms with van der Waals surface area (Å²) < 4.78 is 51.3. The van der Waals surface area contributed by atoms with E-state index in [-0.39, 0.29) is 29.4 Å². The normalized spacial score (nSPS) is 11.3. The van der Waals surface area contributed by atoms with Crippen LogP contribution >= 0.6 is 23.4 Å². The summed E-state index contributed by atoms with van der Waals surface area (Å²) in [5, 5.41) is 3.49. The summed E-state index contributed by atoms with van der Waals surface area (Å²) in [5.41, 5.74) is 11.8. The molecule has 13 heteroatoms. The number of amides is 1. The highest BCUT2D eigenvalue weighted by Gasteiger charge is 2.30. The smallest absolute Gasteiger partial charge is 0.251 e. The molecule has 0 radical (unpaired) electrons. The third-order valence-corrected chi connectivity index (χ3v) is 8.28. The molecule has 0 spiro atoms. The van der Waals surface area contributed by atoms with E-state index in [0.29, 0.717) is 34.6 Å². The number of thioether (sulfide) groups is 1. The molecular formula is C31H32ClF3N6O2S. The number of carbonyl (C=O) groups is 1. The number of nitrogens with zero attached hydrogens (tertiary/aromatic N) is 3. The number of nitrogens with one attached hydrogen (secondary N) is 1. The predicted octanol–water partition coefficient (Wildman–Crippen LogP) is 5.96. The van der Waals surface area contributed by atoms with Crippen LogP contribution in [0.15, 0.2) is 70.9 Å². The van der Waals surface area contributed by atoms with Gasteiger partial charge >= 0.3 is 0 Å². The van der Waals surface area contributed by atoms with E-state index in [2.05, 4.69) is 15.3 Å². The topological polar surface area (TPSA) is 121 Å². The lowest BCUT2D eigenvalue weighted by molar-refractivity contribution is 0.0952. The zero-order valence-corrected chi connectivity index (χ0v) is 25.9. The van der Waals surface area contributed by atoms with Crippen molar-refractivity contribution >= 4 is 35.2 Å². The first kappa shape index (κ1) is 32.7. The van der Waals surface area contributed by atoms with Crippen molar-refractivity contribution in [3.05, 3.63) is 106 Å². The van der Waals surface area contributed by atoms with Crippen LogP contribution in [-0.4, -0.2) is 41.6 Å². The van der Waals surface area contributed by atoms with Gasteiger partial charge in [0.2, 0.25) is 0 Å². The summed E-state index contributed by atoms with van der Waals surface area (Å²) in [6, 6.07) is 13.3. The van der Waals surface area contributed by atoms with Crippen molar-refractivity contribution in [1.29, 1.82) is 0 Å². The molecule has 0 saturated carbocycles. The highest BCUT2D eigenvalue weighted by molar-refractivity contribution is 7.98. The zero-order valence-electron chi connectivity index (χ0n) is 24.3. The Morgan fingerprint density at radius 2 is 1.77 bits per heavy atom. The van der Waals surface area contributed by atoms with Crippen LogP contribution in [0.5, 0.6) is 5.75 Å². The Morgan fingerprint density at radius 1 is 1.09 bits per heavy atom. The minimum Gasteiger partial charge on any atom is -0.495 e. The lowest BCUT2D eigenvalue weighted by Gasteiger charge is -2.28. The van der Waals surface area contributed by atoms with Gasteiger partial charge in [-0.05, 0) is 60.5 Å². The number of halogens is 4. The van der Waals surface area contributed by atoms with Crippen molar-refractivity contribution in [3.8, 4) is 11.4 Å². The number of hydrogen-bond donors (Lipinski definition) is 3. The molecule has 4 rings (SSSR count). The highest BCUT2D eigenvalue weighted by Crippen LogP contribution is 2.39. The number of aromatic nitrogens is 2. The predicted molar refractivity (Wildman–Crippen MR) is 167 cm³/mol.